The van der Waals surface area contributed by atoms with Gasteiger partial charge in [-0.15, -0.1) is 0 Å². The lowest BCUT2D eigenvalue weighted by atomic mass is 9.69. The van der Waals surface area contributed by atoms with Gasteiger partial charge < -0.3 is 10.6 Å². The Morgan fingerprint density at radius 2 is 1.75 bits per heavy atom. The van der Waals surface area contributed by atoms with Gasteiger partial charge in [0, 0.05) is 18.8 Å². The molecule has 0 unspecified atom stereocenters. The zero-order chi connectivity index (χ0) is 14.0. The molecule has 2 aliphatic rings. The Hall–Kier alpha value is -1.51. The number of anilines is 1. The number of nitrogen functional groups attached to an aromatic ring is 1. The van der Waals surface area contributed by atoms with E-state index in [0.29, 0.717) is 16.7 Å². The second kappa shape index (κ2) is 5.47. The molecule has 3 nitrogen and oxygen atoms in total. The minimum absolute atomic E-state index is 0.118. The Labute approximate surface area is 121 Å². The minimum atomic E-state index is 0.118. The smallest absolute Gasteiger partial charge is 0.255 e. The van der Waals surface area contributed by atoms with Gasteiger partial charge in [0.15, 0.2) is 0 Å². The third kappa shape index (κ3) is 2.54. The maximum absolute atomic E-state index is 12.7. The number of rotatable bonds is 1. The molecule has 1 aromatic rings. The van der Waals surface area contributed by atoms with Crippen LogP contribution < -0.4 is 5.73 Å². The van der Waals surface area contributed by atoms with Crippen LogP contribution in [0.2, 0.25) is 0 Å². The van der Waals surface area contributed by atoms with Crippen molar-refractivity contribution in [2.24, 2.45) is 5.41 Å². The van der Waals surface area contributed by atoms with Crippen LogP contribution in [0.25, 0.3) is 0 Å². The van der Waals surface area contributed by atoms with E-state index in [9.17, 15) is 4.79 Å². The highest BCUT2D eigenvalue weighted by molar-refractivity contribution is 5.99. The zero-order valence-electron chi connectivity index (χ0n) is 12.1. The summed E-state index contributed by atoms with van der Waals surface area (Å²) in [6, 6.07) is 7.43. The number of hydrogen-bond acceptors (Lipinski definition) is 2. The Balaban J connectivity index is 1.77. The summed E-state index contributed by atoms with van der Waals surface area (Å²) in [4.78, 5) is 14.7. The van der Waals surface area contributed by atoms with Crippen molar-refractivity contribution in [3.05, 3.63) is 29.8 Å². The predicted molar refractivity (Wildman–Crippen MR) is 81.5 cm³/mol. The topological polar surface area (TPSA) is 46.3 Å². The molecule has 2 N–H and O–H groups in total. The summed E-state index contributed by atoms with van der Waals surface area (Å²) >= 11 is 0. The summed E-state index contributed by atoms with van der Waals surface area (Å²) in [5.74, 6) is 0.118. The SMILES string of the molecule is Nc1ccccc1C(=O)N1CCCC2(CCCCC2)C1. The molecule has 108 valence electrons. The Kier molecular flexibility index (Phi) is 3.68. The van der Waals surface area contributed by atoms with Crippen molar-refractivity contribution in [2.75, 3.05) is 18.8 Å². The Morgan fingerprint density at radius 1 is 1.05 bits per heavy atom. The summed E-state index contributed by atoms with van der Waals surface area (Å²) in [6.45, 7) is 1.81. The Morgan fingerprint density at radius 3 is 2.50 bits per heavy atom. The third-order valence-corrected chi connectivity index (χ3v) is 5.05. The predicted octanol–water partition coefficient (Wildman–Crippen LogP) is 3.46. The fourth-order valence-corrected chi connectivity index (χ4v) is 3.95. The molecule has 0 bridgehead atoms. The van der Waals surface area contributed by atoms with E-state index in [2.05, 4.69) is 0 Å². The minimum Gasteiger partial charge on any atom is -0.398 e. The second-order valence-corrected chi connectivity index (χ2v) is 6.48. The van der Waals surface area contributed by atoms with Crippen LogP contribution in [-0.4, -0.2) is 23.9 Å². The van der Waals surface area contributed by atoms with E-state index in [1.807, 2.05) is 29.2 Å². The molecule has 1 saturated heterocycles. The first-order valence-corrected chi connectivity index (χ1v) is 7.84. The molecule has 20 heavy (non-hydrogen) atoms. The third-order valence-electron chi connectivity index (χ3n) is 5.05. The van der Waals surface area contributed by atoms with Crippen molar-refractivity contribution in [1.29, 1.82) is 0 Å². The lowest BCUT2D eigenvalue weighted by Gasteiger charge is -2.45. The summed E-state index contributed by atoms with van der Waals surface area (Å²) < 4.78 is 0. The first-order valence-electron chi connectivity index (χ1n) is 7.84. The Bertz CT molecular complexity index is 486. The van der Waals surface area contributed by atoms with Crippen LogP contribution in [0.3, 0.4) is 0 Å². The fraction of sp³-hybridized carbons (Fsp3) is 0.588. The molecule has 1 amide bonds. The molecule has 3 heteroatoms. The molecular formula is C17H24N2O. The standard InChI is InChI=1S/C17H24N2O/c18-15-8-3-2-7-14(15)16(20)19-12-6-11-17(13-19)9-4-1-5-10-17/h2-3,7-8H,1,4-6,9-13,18H2. The van der Waals surface area contributed by atoms with E-state index >= 15 is 0 Å². The summed E-state index contributed by atoms with van der Waals surface area (Å²) in [5.41, 5.74) is 7.61. The average molecular weight is 272 g/mol. The van der Waals surface area contributed by atoms with Crippen molar-refractivity contribution < 1.29 is 4.79 Å². The van der Waals surface area contributed by atoms with E-state index in [0.717, 1.165) is 19.5 Å². The number of amides is 1. The summed E-state index contributed by atoms with van der Waals surface area (Å²) in [5, 5.41) is 0. The van der Waals surface area contributed by atoms with Crippen LogP contribution in [0.15, 0.2) is 24.3 Å². The van der Waals surface area contributed by atoms with Crippen LogP contribution in [0.4, 0.5) is 5.69 Å². The first-order chi connectivity index (χ1) is 9.70. The highest BCUT2D eigenvalue weighted by Gasteiger charge is 2.38. The lowest BCUT2D eigenvalue weighted by Crippen LogP contribution is -2.47. The molecule has 1 saturated carbocycles. The largest absolute Gasteiger partial charge is 0.398 e. The molecule has 1 aliphatic carbocycles. The molecule has 0 atom stereocenters. The van der Waals surface area contributed by atoms with E-state index in [1.54, 1.807) is 0 Å². The van der Waals surface area contributed by atoms with Gasteiger partial charge in [-0.1, -0.05) is 31.4 Å². The van der Waals surface area contributed by atoms with Gasteiger partial charge in [0.1, 0.15) is 0 Å². The maximum atomic E-state index is 12.7. The summed E-state index contributed by atoms with van der Waals surface area (Å²) in [6.07, 6.45) is 9.04. The van der Waals surface area contributed by atoms with E-state index in [1.165, 1.54) is 38.5 Å². The number of nitrogens with two attached hydrogens (primary N) is 1. The molecule has 1 aliphatic heterocycles. The number of nitrogens with zero attached hydrogens (tertiary/aromatic N) is 1. The molecule has 3 rings (SSSR count). The number of piperidine rings is 1. The fourth-order valence-electron chi connectivity index (χ4n) is 3.95. The number of carbonyl (C=O) groups is 1. The van der Waals surface area contributed by atoms with E-state index in [4.69, 9.17) is 5.73 Å². The van der Waals surface area contributed by atoms with Gasteiger partial charge >= 0.3 is 0 Å². The number of likely N-dealkylation sites (tertiary alicyclic amines) is 1. The van der Waals surface area contributed by atoms with Crippen LogP contribution in [-0.2, 0) is 0 Å². The lowest BCUT2D eigenvalue weighted by molar-refractivity contribution is 0.0385. The van der Waals surface area contributed by atoms with Gasteiger partial charge in [0.05, 0.1) is 5.56 Å². The van der Waals surface area contributed by atoms with Crippen LogP contribution in [0, 0.1) is 5.41 Å². The second-order valence-electron chi connectivity index (χ2n) is 6.48. The van der Waals surface area contributed by atoms with Gasteiger partial charge in [-0.3, -0.25) is 4.79 Å². The molecule has 1 heterocycles. The van der Waals surface area contributed by atoms with Gasteiger partial charge in [-0.25, -0.2) is 0 Å². The molecule has 1 spiro atoms. The molecule has 2 fully saturated rings. The van der Waals surface area contributed by atoms with Crippen molar-refractivity contribution >= 4 is 11.6 Å². The molecular weight excluding hydrogens is 248 g/mol. The van der Waals surface area contributed by atoms with Crippen molar-refractivity contribution in [3.8, 4) is 0 Å². The molecule has 1 aromatic carbocycles. The van der Waals surface area contributed by atoms with Crippen molar-refractivity contribution in [1.82, 2.24) is 4.90 Å². The number of para-hydroxylation sites is 1. The van der Waals surface area contributed by atoms with Crippen molar-refractivity contribution in [3.63, 3.8) is 0 Å². The van der Waals surface area contributed by atoms with Gasteiger partial charge in [0.25, 0.3) is 5.91 Å². The van der Waals surface area contributed by atoms with Crippen LogP contribution in [0.1, 0.15) is 55.3 Å². The number of carbonyl (C=O) groups excluding carboxylic acids is 1. The summed E-state index contributed by atoms with van der Waals surface area (Å²) in [7, 11) is 0. The van der Waals surface area contributed by atoms with Gasteiger partial charge in [-0.05, 0) is 43.2 Å². The molecule has 0 aromatic heterocycles. The zero-order valence-corrected chi connectivity index (χ0v) is 12.1. The first kappa shape index (κ1) is 13.5. The van der Waals surface area contributed by atoms with E-state index < -0.39 is 0 Å². The maximum Gasteiger partial charge on any atom is 0.255 e. The van der Waals surface area contributed by atoms with Crippen molar-refractivity contribution in [2.45, 2.75) is 44.9 Å². The highest BCUT2D eigenvalue weighted by atomic mass is 16.2. The average Bonchev–Trinajstić information content (AvgIpc) is 2.48. The normalized spacial score (nSPS) is 21.9. The number of benzene rings is 1. The quantitative estimate of drug-likeness (QED) is 0.796. The molecule has 0 radical (unpaired) electrons. The van der Waals surface area contributed by atoms with Crippen LogP contribution in [0.5, 0.6) is 0 Å². The highest BCUT2D eigenvalue weighted by Crippen LogP contribution is 2.43. The van der Waals surface area contributed by atoms with Crippen LogP contribution >= 0.6 is 0 Å². The van der Waals surface area contributed by atoms with Gasteiger partial charge in [0.2, 0.25) is 0 Å². The van der Waals surface area contributed by atoms with Gasteiger partial charge in [-0.2, -0.15) is 0 Å². The van der Waals surface area contributed by atoms with E-state index in [-0.39, 0.29) is 5.91 Å². The monoisotopic (exact) mass is 272 g/mol. The number of hydrogen-bond donors (Lipinski definition) is 1.